The Kier molecular flexibility index (Phi) is 3.40. The van der Waals surface area contributed by atoms with Crippen molar-refractivity contribution in [2.75, 3.05) is 6.54 Å². The van der Waals surface area contributed by atoms with Crippen molar-refractivity contribution in [2.45, 2.75) is 6.42 Å². The Bertz CT molecular complexity index is 687. The summed E-state index contributed by atoms with van der Waals surface area (Å²) >= 11 is 0. The van der Waals surface area contributed by atoms with E-state index in [9.17, 15) is 9.59 Å². The minimum atomic E-state index is -0.211. The van der Waals surface area contributed by atoms with Crippen molar-refractivity contribution in [3.8, 4) is 0 Å². The van der Waals surface area contributed by atoms with E-state index >= 15 is 0 Å². The van der Waals surface area contributed by atoms with E-state index in [0.717, 1.165) is 11.1 Å². The number of imide groups is 1. The van der Waals surface area contributed by atoms with E-state index in [1.807, 2.05) is 24.3 Å². The van der Waals surface area contributed by atoms with Gasteiger partial charge in [0.15, 0.2) is 0 Å². The number of nitrogens with zero attached hydrogens (tertiary/aromatic N) is 1. The molecule has 3 rings (SSSR count). The molecule has 1 aromatic carbocycles. The van der Waals surface area contributed by atoms with E-state index in [1.54, 1.807) is 30.3 Å². The number of allylic oxidation sites excluding steroid dienone is 6. The predicted octanol–water partition coefficient (Wildman–Crippen LogP) is 3.28. The van der Waals surface area contributed by atoms with Crippen LogP contribution in [0.5, 0.6) is 0 Å². The zero-order valence-corrected chi connectivity index (χ0v) is 11.6. The number of carbonyl (C=O) groups is 2. The first-order chi connectivity index (χ1) is 10.2. The SMILES string of the molecule is C=CC1=CCC(CN2C(=O)c3ccccc3C2=O)=CC=C1. The van der Waals surface area contributed by atoms with Crippen molar-refractivity contribution in [3.63, 3.8) is 0 Å². The van der Waals surface area contributed by atoms with Crippen LogP contribution in [0.2, 0.25) is 0 Å². The lowest BCUT2D eigenvalue weighted by Gasteiger charge is -2.15. The summed E-state index contributed by atoms with van der Waals surface area (Å²) in [7, 11) is 0. The summed E-state index contributed by atoms with van der Waals surface area (Å²) in [5.41, 5.74) is 3.06. The molecule has 1 aliphatic heterocycles. The van der Waals surface area contributed by atoms with Gasteiger partial charge in [-0.05, 0) is 29.7 Å². The number of benzene rings is 1. The van der Waals surface area contributed by atoms with Crippen LogP contribution in [0.1, 0.15) is 27.1 Å². The molecule has 0 N–H and O–H groups in total. The second-order valence-electron chi connectivity index (χ2n) is 5.04. The molecule has 21 heavy (non-hydrogen) atoms. The molecule has 0 saturated carbocycles. The molecule has 104 valence electrons. The van der Waals surface area contributed by atoms with E-state index in [0.29, 0.717) is 24.1 Å². The zero-order valence-electron chi connectivity index (χ0n) is 11.6. The summed E-state index contributed by atoms with van der Waals surface area (Å²) in [5, 5.41) is 0. The quantitative estimate of drug-likeness (QED) is 0.795. The molecular weight excluding hydrogens is 262 g/mol. The Morgan fingerprint density at radius 2 is 1.81 bits per heavy atom. The third kappa shape index (κ3) is 2.38. The van der Waals surface area contributed by atoms with Crippen LogP contribution in [0, 0.1) is 0 Å². The summed E-state index contributed by atoms with van der Waals surface area (Å²) in [6.07, 6.45) is 10.4. The van der Waals surface area contributed by atoms with Gasteiger partial charge < -0.3 is 0 Å². The van der Waals surface area contributed by atoms with Crippen LogP contribution >= 0.6 is 0 Å². The molecule has 3 heteroatoms. The summed E-state index contributed by atoms with van der Waals surface area (Å²) < 4.78 is 0. The van der Waals surface area contributed by atoms with Gasteiger partial charge in [-0.3, -0.25) is 14.5 Å². The summed E-state index contributed by atoms with van der Waals surface area (Å²) in [6, 6.07) is 6.96. The molecule has 1 heterocycles. The minimum absolute atomic E-state index is 0.211. The van der Waals surface area contributed by atoms with Crippen molar-refractivity contribution in [1.82, 2.24) is 4.90 Å². The van der Waals surface area contributed by atoms with Crippen LogP contribution in [0.3, 0.4) is 0 Å². The highest BCUT2D eigenvalue weighted by Crippen LogP contribution is 2.24. The first kappa shape index (κ1) is 13.3. The molecule has 2 amide bonds. The molecule has 0 spiro atoms. The molecule has 0 aromatic heterocycles. The topological polar surface area (TPSA) is 37.4 Å². The molecule has 0 saturated heterocycles. The van der Waals surface area contributed by atoms with E-state index in [2.05, 4.69) is 6.58 Å². The molecule has 2 aliphatic rings. The first-order valence-corrected chi connectivity index (χ1v) is 6.84. The molecule has 0 radical (unpaired) electrons. The number of fused-ring (bicyclic) bond motifs is 1. The number of carbonyl (C=O) groups excluding carboxylic acids is 2. The van der Waals surface area contributed by atoms with Gasteiger partial charge in [-0.1, -0.05) is 49.1 Å². The van der Waals surface area contributed by atoms with Gasteiger partial charge in [0.2, 0.25) is 0 Å². The molecule has 0 atom stereocenters. The third-order valence-corrected chi connectivity index (χ3v) is 3.70. The van der Waals surface area contributed by atoms with Crippen LogP contribution in [-0.2, 0) is 0 Å². The Morgan fingerprint density at radius 3 is 2.43 bits per heavy atom. The van der Waals surface area contributed by atoms with Gasteiger partial charge in [0.05, 0.1) is 17.7 Å². The lowest BCUT2D eigenvalue weighted by molar-refractivity contribution is 0.0667. The third-order valence-electron chi connectivity index (χ3n) is 3.70. The average molecular weight is 277 g/mol. The smallest absolute Gasteiger partial charge is 0.261 e. The fraction of sp³-hybridized carbons (Fsp3) is 0.111. The molecule has 1 aromatic rings. The molecule has 1 aliphatic carbocycles. The van der Waals surface area contributed by atoms with Gasteiger partial charge >= 0.3 is 0 Å². The van der Waals surface area contributed by atoms with Crippen molar-refractivity contribution in [1.29, 1.82) is 0 Å². The van der Waals surface area contributed by atoms with Crippen LogP contribution in [0.25, 0.3) is 0 Å². The van der Waals surface area contributed by atoms with E-state index in [-0.39, 0.29) is 11.8 Å². The first-order valence-electron chi connectivity index (χ1n) is 6.84. The van der Waals surface area contributed by atoms with Gasteiger partial charge in [-0.2, -0.15) is 0 Å². The van der Waals surface area contributed by atoms with Crippen LogP contribution in [0.15, 0.2) is 72.4 Å². The van der Waals surface area contributed by atoms with Gasteiger partial charge in [0.1, 0.15) is 0 Å². The van der Waals surface area contributed by atoms with E-state index < -0.39 is 0 Å². The predicted molar refractivity (Wildman–Crippen MR) is 81.9 cm³/mol. The Hall–Kier alpha value is -2.68. The van der Waals surface area contributed by atoms with Crippen LogP contribution in [-0.4, -0.2) is 23.3 Å². The fourth-order valence-electron chi connectivity index (χ4n) is 2.53. The largest absolute Gasteiger partial charge is 0.270 e. The van der Waals surface area contributed by atoms with Crippen LogP contribution in [0.4, 0.5) is 0 Å². The number of hydrogen-bond acceptors (Lipinski definition) is 2. The Balaban J connectivity index is 1.82. The standard InChI is InChI=1S/C18H15NO2/c1-2-13-6-5-7-14(11-10-13)12-19-17(20)15-8-3-4-9-16(15)18(19)21/h2-10H,1,11-12H2. The zero-order chi connectivity index (χ0) is 14.8. The molecule has 3 nitrogen and oxygen atoms in total. The summed E-state index contributed by atoms with van der Waals surface area (Å²) in [5.74, 6) is -0.421. The minimum Gasteiger partial charge on any atom is -0.270 e. The molecular formula is C18H15NO2. The highest BCUT2D eigenvalue weighted by Gasteiger charge is 2.35. The average Bonchev–Trinajstić information content (AvgIpc) is 2.69. The second-order valence-corrected chi connectivity index (χ2v) is 5.04. The Morgan fingerprint density at radius 1 is 1.14 bits per heavy atom. The van der Waals surface area contributed by atoms with Crippen LogP contribution < -0.4 is 0 Å². The second kappa shape index (κ2) is 5.37. The maximum atomic E-state index is 12.3. The van der Waals surface area contributed by atoms with Gasteiger partial charge in [-0.15, -0.1) is 0 Å². The highest BCUT2D eigenvalue weighted by molar-refractivity contribution is 6.21. The van der Waals surface area contributed by atoms with Gasteiger partial charge in [-0.25, -0.2) is 0 Å². The number of amides is 2. The lowest BCUT2D eigenvalue weighted by atomic mass is 10.1. The van der Waals surface area contributed by atoms with E-state index in [1.165, 1.54) is 4.90 Å². The molecule has 0 bridgehead atoms. The highest BCUT2D eigenvalue weighted by atomic mass is 16.2. The summed E-state index contributed by atoms with van der Waals surface area (Å²) in [6.45, 7) is 4.08. The normalized spacial score (nSPS) is 17.2. The number of hydrogen-bond donors (Lipinski definition) is 0. The molecule has 0 unspecified atom stereocenters. The molecule has 0 fully saturated rings. The fourth-order valence-corrected chi connectivity index (χ4v) is 2.53. The Labute approximate surface area is 123 Å². The number of rotatable bonds is 3. The summed E-state index contributed by atoms with van der Waals surface area (Å²) in [4.78, 5) is 25.9. The van der Waals surface area contributed by atoms with Crippen molar-refractivity contribution in [3.05, 3.63) is 83.5 Å². The van der Waals surface area contributed by atoms with Crippen molar-refractivity contribution < 1.29 is 9.59 Å². The maximum absolute atomic E-state index is 12.3. The van der Waals surface area contributed by atoms with E-state index in [4.69, 9.17) is 0 Å². The monoisotopic (exact) mass is 277 g/mol. The van der Waals surface area contributed by atoms with Crippen molar-refractivity contribution in [2.24, 2.45) is 0 Å². The van der Waals surface area contributed by atoms with Crippen molar-refractivity contribution >= 4 is 11.8 Å². The van der Waals surface area contributed by atoms with Gasteiger partial charge in [0, 0.05) is 0 Å². The lowest BCUT2D eigenvalue weighted by Crippen LogP contribution is -2.31. The maximum Gasteiger partial charge on any atom is 0.261 e. The van der Waals surface area contributed by atoms with Gasteiger partial charge in [0.25, 0.3) is 11.8 Å².